The van der Waals surface area contributed by atoms with Gasteiger partial charge in [-0.25, -0.2) is 5.84 Å². The normalized spacial score (nSPS) is 18.8. The number of fused-ring (bicyclic) bond motifs is 1. The zero-order valence-electron chi connectivity index (χ0n) is 11.7. The van der Waals surface area contributed by atoms with Crippen LogP contribution < -0.4 is 16.6 Å². The maximum atomic E-state index is 5.52. The predicted octanol–water partition coefficient (Wildman–Crippen LogP) is 1.75. The van der Waals surface area contributed by atoms with Gasteiger partial charge in [0.25, 0.3) is 0 Å². The van der Waals surface area contributed by atoms with E-state index < -0.39 is 0 Å². The smallest absolute Gasteiger partial charge is 0.205 e. The SMILES string of the molecule is CCCCN=C(NN)NC1CCc2ccccc2C1. The first-order valence-corrected chi connectivity index (χ1v) is 7.18. The third-order valence-corrected chi connectivity index (χ3v) is 3.61. The van der Waals surface area contributed by atoms with Crippen molar-refractivity contribution in [3.8, 4) is 0 Å². The number of aryl methyl sites for hydroxylation is 1. The van der Waals surface area contributed by atoms with Crippen LogP contribution in [-0.4, -0.2) is 18.5 Å². The van der Waals surface area contributed by atoms with Crippen molar-refractivity contribution in [2.45, 2.75) is 45.1 Å². The molecule has 19 heavy (non-hydrogen) atoms. The van der Waals surface area contributed by atoms with Crippen LogP contribution >= 0.6 is 0 Å². The topological polar surface area (TPSA) is 62.4 Å². The minimum Gasteiger partial charge on any atom is -0.352 e. The third-order valence-electron chi connectivity index (χ3n) is 3.61. The molecule has 1 atom stereocenters. The van der Waals surface area contributed by atoms with Crippen LogP contribution in [0.3, 0.4) is 0 Å². The number of nitrogens with two attached hydrogens (primary N) is 1. The highest BCUT2D eigenvalue weighted by Gasteiger charge is 2.18. The number of aliphatic imine (C=N–C) groups is 1. The molecular formula is C15H24N4. The minimum absolute atomic E-state index is 0.423. The summed E-state index contributed by atoms with van der Waals surface area (Å²) in [5.41, 5.74) is 5.59. The first kappa shape index (κ1) is 13.9. The van der Waals surface area contributed by atoms with E-state index >= 15 is 0 Å². The van der Waals surface area contributed by atoms with Gasteiger partial charge in [-0.15, -0.1) is 0 Å². The van der Waals surface area contributed by atoms with Gasteiger partial charge in [0, 0.05) is 12.6 Å². The van der Waals surface area contributed by atoms with Crippen molar-refractivity contribution in [3.05, 3.63) is 35.4 Å². The standard InChI is InChI=1S/C15H24N4/c1-2-3-10-17-15(19-16)18-14-9-8-12-6-4-5-7-13(12)11-14/h4-7,14H,2-3,8-11,16H2,1H3,(H2,17,18,19). The Labute approximate surface area is 115 Å². The van der Waals surface area contributed by atoms with Crippen LogP contribution in [0.5, 0.6) is 0 Å². The van der Waals surface area contributed by atoms with Crippen LogP contribution in [0, 0.1) is 0 Å². The molecule has 2 rings (SSSR count). The quantitative estimate of drug-likeness (QED) is 0.254. The molecule has 0 aromatic heterocycles. The lowest BCUT2D eigenvalue weighted by molar-refractivity contribution is 0.520. The van der Waals surface area contributed by atoms with Gasteiger partial charge in [0.05, 0.1) is 0 Å². The Morgan fingerprint density at radius 3 is 2.89 bits per heavy atom. The van der Waals surface area contributed by atoms with E-state index in [4.69, 9.17) is 5.84 Å². The Hall–Kier alpha value is -1.55. The van der Waals surface area contributed by atoms with Crippen LogP contribution in [0.1, 0.15) is 37.3 Å². The van der Waals surface area contributed by atoms with Gasteiger partial charge in [0.1, 0.15) is 0 Å². The second kappa shape index (κ2) is 7.14. The Morgan fingerprint density at radius 1 is 1.37 bits per heavy atom. The zero-order valence-corrected chi connectivity index (χ0v) is 11.7. The molecule has 4 heteroatoms. The fraction of sp³-hybridized carbons (Fsp3) is 0.533. The van der Waals surface area contributed by atoms with E-state index in [9.17, 15) is 0 Å². The molecule has 1 aromatic carbocycles. The van der Waals surface area contributed by atoms with Crippen LogP contribution in [-0.2, 0) is 12.8 Å². The fourth-order valence-corrected chi connectivity index (χ4v) is 2.50. The molecule has 1 unspecified atom stereocenters. The van der Waals surface area contributed by atoms with Crippen molar-refractivity contribution >= 4 is 5.96 Å². The van der Waals surface area contributed by atoms with E-state index in [0.717, 1.165) is 44.6 Å². The van der Waals surface area contributed by atoms with E-state index in [1.165, 1.54) is 11.1 Å². The highest BCUT2D eigenvalue weighted by atomic mass is 15.3. The fourth-order valence-electron chi connectivity index (χ4n) is 2.50. The number of nitrogens with zero attached hydrogens (tertiary/aromatic N) is 1. The number of unbranched alkanes of at least 4 members (excludes halogenated alkanes) is 1. The predicted molar refractivity (Wildman–Crippen MR) is 79.9 cm³/mol. The monoisotopic (exact) mass is 260 g/mol. The van der Waals surface area contributed by atoms with Gasteiger partial charge in [0.15, 0.2) is 0 Å². The number of hydrogen-bond donors (Lipinski definition) is 3. The molecular weight excluding hydrogens is 236 g/mol. The van der Waals surface area contributed by atoms with Crippen molar-refractivity contribution in [2.75, 3.05) is 6.54 Å². The van der Waals surface area contributed by atoms with E-state index in [0.29, 0.717) is 6.04 Å². The van der Waals surface area contributed by atoms with Gasteiger partial charge < -0.3 is 5.32 Å². The average Bonchev–Trinajstić information content (AvgIpc) is 2.46. The Kier molecular flexibility index (Phi) is 5.21. The molecule has 4 N–H and O–H groups in total. The van der Waals surface area contributed by atoms with Crippen molar-refractivity contribution < 1.29 is 0 Å². The lowest BCUT2D eigenvalue weighted by Crippen LogP contribution is -2.48. The lowest BCUT2D eigenvalue weighted by atomic mass is 9.88. The molecule has 0 saturated heterocycles. The van der Waals surface area contributed by atoms with Gasteiger partial charge in [-0.05, 0) is 36.8 Å². The third kappa shape index (κ3) is 3.96. The first-order chi connectivity index (χ1) is 9.33. The summed E-state index contributed by atoms with van der Waals surface area (Å²) in [7, 11) is 0. The summed E-state index contributed by atoms with van der Waals surface area (Å²) in [5, 5.41) is 3.42. The summed E-state index contributed by atoms with van der Waals surface area (Å²) < 4.78 is 0. The minimum atomic E-state index is 0.423. The summed E-state index contributed by atoms with van der Waals surface area (Å²) in [5.74, 6) is 6.24. The summed E-state index contributed by atoms with van der Waals surface area (Å²) in [6, 6.07) is 9.09. The van der Waals surface area contributed by atoms with Crippen molar-refractivity contribution in [3.63, 3.8) is 0 Å². The van der Waals surface area contributed by atoms with Crippen LogP contribution in [0.25, 0.3) is 0 Å². The zero-order chi connectivity index (χ0) is 13.5. The number of guanidine groups is 1. The van der Waals surface area contributed by atoms with Gasteiger partial charge in [-0.2, -0.15) is 0 Å². The average molecular weight is 260 g/mol. The van der Waals surface area contributed by atoms with Gasteiger partial charge in [-0.1, -0.05) is 37.6 Å². The molecule has 0 radical (unpaired) electrons. The molecule has 0 heterocycles. The Bertz CT molecular complexity index is 428. The van der Waals surface area contributed by atoms with Crippen molar-refractivity contribution in [1.29, 1.82) is 0 Å². The second-order valence-corrected chi connectivity index (χ2v) is 5.08. The summed E-state index contributed by atoms with van der Waals surface area (Å²) in [4.78, 5) is 4.45. The number of hydrazine groups is 1. The van der Waals surface area contributed by atoms with E-state index in [1.807, 2.05) is 0 Å². The van der Waals surface area contributed by atoms with Crippen molar-refractivity contribution in [2.24, 2.45) is 10.8 Å². The second-order valence-electron chi connectivity index (χ2n) is 5.08. The Morgan fingerprint density at radius 2 is 2.16 bits per heavy atom. The molecule has 0 saturated carbocycles. The Balaban J connectivity index is 1.92. The molecule has 1 aromatic rings. The lowest BCUT2D eigenvalue weighted by Gasteiger charge is -2.26. The number of nitrogens with one attached hydrogen (secondary N) is 2. The highest BCUT2D eigenvalue weighted by molar-refractivity contribution is 5.79. The van der Waals surface area contributed by atoms with Crippen molar-refractivity contribution in [1.82, 2.24) is 10.7 Å². The van der Waals surface area contributed by atoms with E-state index in [1.54, 1.807) is 0 Å². The summed E-state index contributed by atoms with van der Waals surface area (Å²) in [6.45, 7) is 2.99. The van der Waals surface area contributed by atoms with E-state index in [2.05, 4.69) is 46.9 Å². The van der Waals surface area contributed by atoms with Gasteiger partial charge in [-0.3, -0.25) is 10.4 Å². The molecule has 0 amide bonds. The molecule has 4 nitrogen and oxygen atoms in total. The maximum absolute atomic E-state index is 5.52. The molecule has 104 valence electrons. The highest BCUT2D eigenvalue weighted by Crippen LogP contribution is 2.20. The van der Waals surface area contributed by atoms with Crippen LogP contribution in [0.4, 0.5) is 0 Å². The molecule has 0 fully saturated rings. The molecule has 1 aliphatic carbocycles. The summed E-state index contributed by atoms with van der Waals surface area (Å²) in [6.07, 6.45) is 5.55. The number of benzene rings is 1. The van der Waals surface area contributed by atoms with Crippen LogP contribution in [0.15, 0.2) is 29.3 Å². The van der Waals surface area contributed by atoms with E-state index in [-0.39, 0.29) is 0 Å². The molecule has 0 bridgehead atoms. The van der Waals surface area contributed by atoms with Gasteiger partial charge >= 0.3 is 0 Å². The maximum Gasteiger partial charge on any atom is 0.205 e. The first-order valence-electron chi connectivity index (χ1n) is 7.18. The number of rotatable bonds is 4. The largest absolute Gasteiger partial charge is 0.352 e. The molecule has 1 aliphatic rings. The molecule has 0 spiro atoms. The summed E-state index contributed by atoms with van der Waals surface area (Å²) >= 11 is 0. The van der Waals surface area contributed by atoms with Gasteiger partial charge in [0.2, 0.25) is 5.96 Å². The number of hydrogen-bond acceptors (Lipinski definition) is 2. The van der Waals surface area contributed by atoms with Crippen LogP contribution in [0.2, 0.25) is 0 Å². The molecule has 0 aliphatic heterocycles.